The van der Waals surface area contributed by atoms with Gasteiger partial charge in [0.15, 0.2) is 0 Å². The summed E-state index contributed by atoms with van der Waals surface area (Å²) in [5.41, 5.74) is 7.55. The summed E-state index contributed by atoms with van der Waals surface area (Å²) in [6.45, 7) is 1.37. The number of benzene rings is 2. The molecule has 13 heteroatoms. The van der Waals surface area contributed by atoms with Crippen LogP contribution in [0.2, 0.25) is 0 Å². The Morgan fingerprint density at radius 3 is 2.53 bits per heavy atom. The molecule has 0 radical (unpaired) electrons. The van der Waals surface area contributed by atoms with E-state index >= 15 is 0 Å². The summed E-state index contributed by atoms with van der Waals surface area (Å²) in [7, 11) is -1.37. The van der Waals surface area contributed by atoms with Gasteiger partial charge >= 0.3 is 12.1 Å². The van der Waals surface area contributed by atoms with Crippen molar-refractivity contribution in [2.45, 2.75) is 42.8 Å². The molecule has 1 aliphatic heterocycles. The number of methoxy groups -OCH3 is 1. The standard InChI is InChI=1S/C25H31N5O7S/c1-15-5-4-6-19(11-15)38(34,35)29-20(24(32)36-3)14-28-22(31)13-18-12-21(30(2)25(33)37-18)16-7-9-17(10-8-16)23(26)27/h4-11,18,20-21,29H,12-14H2,1-3H3,(H3,26,27)(H,28,31)/t18-,20+,21+/m1/s1. The lowest BCUT2D eigenvalue weighted by molar-refractivity contribution is -0.142. The maximum absolute atomic E-state index is 12.8. The molecule has 5 N–H and O–H groups in total. The first-order chi connectivity index (χ1) is 17.9. The molecule has 1 aliphatic rings. The van der Waals surface area contributed by atoms with Crippen LogP contribution in [-0.4, -0.2) is 70.0 Å². The fourth-order valence-electron chi connectivity index (χ4n) is 4.03. The Morgan fingerprint density at radius 1 is 1.24 bits per heavy atom. The average Bonchev–Trinajstić information content (AvgIpc) is 2.88. The molecule has 1 saturated heterocycles. The van der Waals surface area contributed by atoms with E-state index in [1.807, 2.05) is 0 Å². The van der Waals surface area contributed by atoms with Gasteiger partial charge in [0.05, 0.1) is 24.5 Å². The van der Waals surface area contributed by atoms with Gasteiger partial charge in [-0.15, -0.1) is 0 Å². The lowest BCUT2D eigenvalue weighted by atomic mass is 9.95. The second-order valence-corrected chi connectivity index (χ2v) is 10.6. The smallest absolute Gasteiger partial charge is 0.410 e. The fourth-order valence-corrected chi connectivity index (χ4v) is 5.31. The van der Waals surface area contributed by atoms with Crippen molar-refractivity contribution >= 4 is 33.8 Å². The zero-order valence-corrected chi connectivity index (χ0v) is 22.1. The van der Waals surface area contributed by atoms with Gasteiger partial charge in [-0.1, -0.05) is 36.4 Å². The number of sulfonamides is 1. The predicted octanol–water partition coefficient (Wildman–Crippen LogP) is 1.19. The highest BCUT2D eigenvalue weighted by Gasteiger charge is 2.35. The Hall–Kier alpha value is -3.97. The van der Waals surface area contributed by atoms with E-state index in [1.54, 1.807) is 50.4 Å². The molecule has 2 amide bonds. The number of nitrogens with one attached hydrogen (secondary N) is 3. The van der Waals surface area contributed by atoms with E-state index < -0.39 is 40.1 Å². The van der Waals surface area contributed by atoms with Gasteiger partial charge in [-0.25, -0.2) is 13.2 Å². The fraction of sp³-hybridized carbons (Fsp3) is 0.360. The molecule has 0 saturated carbocycles. The Balaban J connectivity index is 1.64. The first-order valence-electron chi connectivity index (χ1n) is 11.7. The average molecular weight is 546 g/mol. The van der Waals surface area contributed by atoms with Crippen LogP contribution >= 0.6 is 0 Å². The van der Waals surface area contributed by atoms with Gasteiger partial charge in [0, 0.05) is 25.6 Å². The number of hydrogen-bond donors (Lipinski definition) is 4. The van der Waals surface area contributed by atoms with Gasteiger partial charge in [-0.05, 0) is 30.2 Å². The minimum absolute atomic E-state index is 0.0293. The molecule has 3 rings (SSSR count). The van der Waals surface area contributed by atoms with Gasteiger partial charge in [0.2, 0.25) is 15.9 Å². The van der Waals surface area contributed by atoms with Gasteiger partial charge < -0.3 is 25.4 Å². The molecule has 0 aromatic heterocycles. The summed E-state index contributed by atoms with van der Waals surface area (Å²) >= 11 is 0. The van der Waals surface area contributed by atoms with Gasteiger partial charge in [0.1, 0.15) is 18.0 Å². The molecule has 12 nitrogen and oxygen atoms in total. The number of carbonyl (C=O) groups excluding carboxylic acids is 3. The van der Waals surface area contributed by atoms with Crippen LogP contribution in [0.4, 0.5) is 4.79 Å². The first kappa shape index (κ1) is 28.6. The third-order valence-electron chi connectivity index (χ3n) is 6.11. The molecular weight excluding hydrogens is 514 g/mol. The molecule has 38 heavy (non-hydrogen) atoms. The summed E-state index contributed by atoms with van der Waals surface area (Å²) in [5, 5.41) is 10.0. The summed E-state index contributed by atoms with van der Waals surface area (Å²) in [6.07, 6.45) is -1.24. The molecule has 0 unspecified atom stereocenters. The van der Waals surface area contributed by atoms with Crippen molar-refractivity contribution in [1.29, 1.82) is 5.41 Å². The molecule has 0 aliphatic carbocycles. The van der Waals surface area contributed by atoms with Crippen molar-refractivity contribution in [3.63, 3.8) is 0 Å². The normalized spacial score (nSPS) is 18.3. The lowest BCUT2D eigenvalue weighted by Gasteiger charge is -2.36. The molecule has 3 atom stereocenters. The Kier molecular flexibility index (Phi) is 9.07. The van der Waals surface area contributed by atoms with E-state index in [0.717, 1.165) is 18.2 Å². The highest BCUT2D eigenvalue weighted by Crippen LogP contribution is 2.32. The molecule has 204 valence electrons. The van der Waals surface area contributed by atoms with E-state index in [9.17, 15) is 22.8 Å². The number of rotatable bonds is 10. The summed E-state index contributed by atoms with van der Waals surface area (Å²) in [6, 6.07) is 11.3. The van der Waals surface area contributed by atoms with E-state index in [4.69, 9.17) is 20.6 Å². The van der Waals surface area contributed by atoms with Gasteiger partial charge in [-0.3, -0.25) is 15.0 Å². The third-order valence-corrected chi connectivity index (χ3v) is 7.58. The predicted molar refractivity (Wildman–Crippen MR) is 138 cm³/mol. The minimum Gasteiger partial charge on any atom is -0.468 e. The van der Waals surface area contributed by atoms with Crippen molar-refractivity contribution < 1.29 is 32.3 Å². The van der Waals surface area contributed by atoms with E-state index in [-0.39, 0.29) is 29.7 Å². The highest BCUT2D eigenvalue weighted by molar-refractivity contribution is 7.89. The van der Waals surface area contributed by atoms with Gasteiger partial charge in [0.25, 0.3) is 0 Å². The van der Waals surface area contributed by atoms with E-state index in [1.165, 1.54) is 17.0 Å². The second-order valence-electron chi connectivity index (χ2n) is 8.93. The van der Waals surface area contributed by atoms with Crippen LogP contribution in [0.1, 0.15) is 35.6 Å². The number of nitrogens with zero attached hydrogens (tertiary/aromatic N) is 1. The number of nitrogen functional groups attached to an aromatic ring is 1. The number of hydrogen-bond acceptors (Lipinski definition) is 8. The summed E-state index contributed by atoms with van der Waals surface area (Å²) in [4.78, 5) is 38.7. The molecule has 0 spiro atoms. The minimum atomic E-state index is -4.07. The molecule has 2 aromatic carbocycles. The first-order valence-corrected chi connectivity index (χ1v) is 13.2. The quantitative estimate of drug-likeness (QED) is 0.195. The zero-order chi connectivity index (χ0) is 28.0. The molecular formula is C25H31N5O7S. The van der Waals surface area contributed by atoms with E-state index in [0.29, 0.717) is 12.0 Å². The van der Waals surface area contributed by atoms with Crippen LogP contribution in [0, 0.1) is 12.3 Å². The number of amides is 2. The van der Waals surface area contributed by atoms with Crippen molar-refractivity contribution in [2.24, 2.45) is 5.73 Å². The Bertz CT molecular complexity index is 1310. The highest BCUT2D eigenvalue weighted by atomic mass is 32.2. The summed E-state index contributed by atoms with van der Waals surface area (Å²) in [5.74, 6) is -1.49. The van der Waals surface area contributed by atoms with E-state index in [2.05, 4.69) is 10.0 Å². The maximum Gasteiger partial charge on any atom is 0.410 e. The monoisotopic (exact) mass is 545 g/mol. The van der Waals surface area contributed by atoms with Crippen molar-refractivity contribution in [1.82, 2.24) is 14.9 Å². The Morgan fingerprint density at radius 2 is 1.92 bits per heavy atom. The third kappa shape index (κ3) is 7.07. The van der Waals surface area contributed by atoms with Crippen LogP contribution in [-0.2, 0) is 29.1 Å². The largest absolute Gasteiger partial charge is 0.468 e. The van der Waals surface area contributed by atoms with Crippen LogP contribution in [0.25, 0.3) is 0 Å². The lowest BCUT2D eigenvalue weighted by Crippen LogP contribution is -2.49. The number of amidine groups is 1. The maximum atomic E-state index is 12.8. The number of ether oxygens (including phenoxy) is 2. The SMILES string of the molecule is COC(=O)[C@H](CNC(=O)C[C@H]1C[C@@H](c2ccc(C(=N)N)cc2)N(C)C(=O)O1)NS(=O)(=O)c1cccc(C)c1. The van der Waals surface area contributed by atoms with Crippen LogP contribution in [0.15, 0.2) is 53.4 Å². The van der Waals surface area contributed by atoms with Crippen molar-refractivity contribution in [2.75, 3.05) is 20.7 Å². The van der Waals surface area contributed by atoms with Crippen LogP contribution < -0.4 is 15.8 Å². The van der Waals surface area contributed by atoms with Crippen molar-refractivity contribution in [3.8, 4) is 0 Å². The summed E-state index contributed by atoms with van der Waals surface area (Å²) < 4.78 is 37.9. The molecule has 1 heterocycles. The molecule has 0 bridgehead atoms. The number of carbonyl (C=O) groups is 3. The second kappa shape index (κ2) is 12.0. The number of esters is 1. The number of cyclic esters (lactones) is 1. The number of nitrogens with two attached hydrogens (primary N) is 1. The van der Waals surface area contributed by atoms with Crippen molar-refractivity contribution in [3.05, 3.63) is 65.2 Å². The Labute approximate surface area is 221 Å². The number of aryl methyl sites for hydroxylation is 1. The molecule has 2 aromatic rings. The van der Waals surface area contributed by atoms with Gasteiger partial charge in [-0.2, -0.15) is 4.72 Å². The van der Waals surface area contributed by atoms with Crippen LogP contribution in [0.5, 0.6) is 0 Å². The molecule has 1 fully saturated rings. The zero-order valence-electron chi connectivity index (χ0n) is 21.3. The topological polar surface area (TPSA) is 181 Å². The van der Waals surface area contributed by atoms with Crippen LogP contribution in [0.3, 0.4) is 0 Å².